The molecule has 0 unspecified atom stereocenters. The number of halogens is 2. The molecular weight excluding hydrogens is 451 g/mol. The van der Waals surface area contributed by atoms with Crippen LogP contribution in [0.5, 0.6) is 0 Å². The third-order valence-corrected chi connectivity index (χ3v) is 7.61. The summed E-state index contributed by atoms with van der Waals surface area (Å²) in [5.74, 6) is 0.0385. The highest BCUT2D eigenvalue weighted by Crippen LogP contribution is 2.32. The van der Waals surface area contributed by atoms with Gasteiger partial charge in [0.1, 0.15) is 4.90 Å². The molecule has 3 rings (SSSR count). The Balaban J connectivity index is 1.57. The van der Waals surface area contributed by atoms with E-state index in [-0.39, 0.29) is 45.9 Å². The number of hydrogen-bond acceptors (Lipinski definition) is 6. The number of carbonyl (C=O) groups is 1. The minimum atomic E-state index is -3.82. The van der Waals surface area contributed by atoms with Gasteiger partial charge in [0.05, 0.1) is 22.3 Å². The standard InChI is InChI=1S/C19H24Cl2N4O4S/c1-19(2,3)15-11-17(29-23-15)22-16(26)12-24-7-9-25(10-8-24)30(27,28)18-13(20)5-4-6-14(18)21/h4-6,11H,7-10,12H2,1-3H3,(H,22,26). The third-order valence-electron chi connectivity index (χ3n) is 4.76. The number of aromatic nitrogens is 1. The number of piperazine rings is 1. The molecule has 11 heteroatoms. The van der Waals surface area contributed by atoms with E-state index in [1.165, 1.54) is 16.4 Å². The van der Waals surface area contributed by atoms with Crippen LogP contribution in [0, 0.1) is 0 Å². The van der Waals surface area contributed by atoms with E-state index in [9.17, 15) is 13.2 Å². The largest absolute Gasteiger partial charge is 0.338 e. The molecule has 1 amide bonds. The lowest BCUT2D eigenvalue weighted by Gasteiger charge is -2.33. The zero-order valence-electron chi connectivity index (χ0n) is 17.0. The molecule has 0 saturated carbocycles. The Morgan fingerprint density at radius 1 is 1.17 bits per heavy atom. The average molecular weight is 475 g/mol. The van der Waals surface area contributed by atoms with E-state index in [1.807, 2.05) is 25.7 Å². The number of carbonyl (C=O) groups excluding carboxylic acids is 1. The molecule has 0 aliphatic carbocycles. The lowest BCUT2D eigenvalue weighted by atomic mass is 9.92. The molecule has 8 nitrogen and oxygen atoms in total. The van der Waals surface area contributed by atoms with Crippen LogP contribution in [0.4, 0.5) is 5.88 Å². The van der Waals surface area contributed by atoms with Gasteiger partial charge in [-0.2, -0.15) is 4.31 Å². The summed E-state index contributed by atoms with van der Waals surface area (Å²) in [6.45, 7) is 7.38. The summed E-state index contributed by atoms with van der Waals surface area (Å²) in [7, 11) is -3.82. The van der Waals surface area contributed by atoms with Crippen LogP contribution in [-0.4, -0.2) is 61.4 Å². The fraction of sp³-hybridized carbons (Fsp3) is 0.474. The number of anilines is 1. The summed E-state index contributed by atoms with van der Waals surface area (Å²) >= 11 is 12.1. The maximum Gasteiger partial charge on any atom is 0.246 e. The molecule has 1 aliphatic rings. The molecule has 2 aromatic rings. The first kappa shape index (κ1) is 23.0. The Hall–Kier alpha value is -1.65. The second-order valence-corrected chi connectivity index (χ2v) is 10.8. The summed E-state index contributed by atoms with van der Waals surface area (Å²) < 4.78 is 32.3. The fourth-order valence-corrected chi connectivity index (χ4v) is 5.57. The average Bonchev–Trinajstić information content (AvgIpc) is 3.10. The van der Waals surface area contributed by atoms with Crippen molar-refractivity contribution in [3.63, 3.8) is 0 Å². The normalized spacial score (nSPS) is 16.6. The number of rotatable bonds is 5. The lowest BCUT2D eigenvalue weighted by Crippen LogP contribution is -2.50. The zero-order chi connectivity index (χ0) is 22.1. The van der Waals surface area contributed by atoms with Gasteiger partial charge in [0.15, 0.2) is 0 Å². The van der Waals surface area contributed by atoms with Crippen molar-refractivity contribution >= 4 is 45.0 Å². The van der Waals surface area contributed by atoms with E-state index in [1.54, 1.807) is 12.1 Å². The van der Waals surface area contributed by atoms with Gasteiger partial charge < -0.3 is 4.52 Å². The Morgan fingerprint density at radius 2 is 1.77 bits per heavy atom. The first-order valence-corrected chi connectivity index (χ1v) is 11.6. The molecule has 1 aliphatic heterocycles. The number of hydrogen-bond donors (Lipinski definition) is 1. The van der Waals surface area contributed by atoms with Crippen molar-refractivity contribution in [2.45, 2.75) is 31.1 Å². The minimum Gasteiger partial charge on any atom is -0.338 e. The van der Waals surface area contributed by atoms with Crippen LogP contribution in [0.2, 0.25) is 10.0 Å². The van der Waals surface area contributed by atoms with Crippen LogP contribution in [-0.2, 0) is 20.2 Å². The molecule has 1 aromatic heterocycles. The van der Waals surface area contributed by atoms with Gasteiger partial charge in [-0.15, -0.1) is 0 Å². The number of benzene rings is 1. The quantitative estimate of drug-likeness (QED) is 0.714. The summed E-state index contributed by atoms with van der Waals surface area (Å²) in [5, 5.41) is 6.83. The highest BCUT2D eigenvalue weighted by Gasteiger charge is 2.32. The first-order valence-electron chi connectivity index (χ1n) is 9.42. The second kappa shape index (κ2) is 8.84. The van der Waals surface area contributed by atoms with Crippen molar-refractivity contribution < 1.29 is 17.7 Å². The topological polar surface area (TPSA) is 95.8 Å². The van der Waals surface area contributed by atoms with Crippen LogP contribution in [0.15, 0.2) is 33.7 Å². The molecule has 1 fully saturated rings. The lowest BCUT2D eigenvalue weighted by molar-refractivity contribution is -0.117. The second-order valence-electron chi connectivity index (χ2n) is 8.11. The monoisotopic (exact) mass is 474 g/mol. The molecule has 1 N–H and O–H groups in total. The first-order chi connectivity index (χ1) is 14.0. The maximum absolute atomic E-state index is 12.9. The SMILES string of the molecule is CC(C)(C)c1cc(NC(=O)CN2CCN(S(=O)(=O)c3c(Cl)cccc3Cl)CC2)on1. The van der Waals surface area contributed by atoms with Crippen molar-refractivity contribution in [3.05, 3.63) is 40.0 Å². The number of sulfonamides is 1. The van der Waals surface area contributed by atoms with Crippen molar-refractivity contribution in [3.8, 4) is 0 Å². The van der Waals surface area contributed by atoms with Crippen molar-refractivity contribution in [2.24, 2.45) is 0 Å². The van der Waals surface area contributed by atoms with Crippen molar-refractivity contribution in [1.29, 1.82) is 0 Å². The molecule has 2 heterocycles. The summed E-state index contributed by atoms with van der Waals surface area (Å²) in [6, 6.07) is 6.29. The molecule has 0 radical (unpaired) electrons. The maximum atomic E-state index is 12.9. The molecule has 0 bridgehead atoms. The molecule has 0 spiro atoms. The van der Waals surface area contributed by atoms with Crippen LogP contribution in [0.25, 0.3) is 0 Å². The Kier molecular flexibility index (Phi) is 6.78. The van der Waals surface area contributed by atoms with Gasteiger partial charge >= 0.3 is 0 Å². The molecule has 1 saturated heterocycles. The van der Waals surface area contributed by atoms with Crippen LogP contribution in [0.1, 0.15) is 26.5 Å². The molecular formula is C19H24Cl2N4O4S. The van der Waals surface area contributed by atoms with E-state index < -0.39 is 10.0 Å². The van der Waals surface area contributed by atoms with E-state index in [0.717, 1.165) is 5.69 Å². The van der Waals surface area contributed by atoms with E-state index in [2.05, 4.69) is 10.5 Å². The molecule has 164 valence electrons. The van der Waals surface area contributed by atoms with Gasteiger partial charge in [-0.05, 0) is 12.1 Å². The highest BCUT2D eigenvalue weighted by atomic mass is 35.5. The Morgan fingerprint density at radius 3 is 2.30 bits per heavy atom. The number of nitrogens with one attached hydrogen (secondary N) is 1. The van der Waals surface area contributed by atoms with E-state index in [0.29, 0.717) is 19.0 Å². The van der Waals surface area contributed by atoms with Gasteiger partial charge in [0.25, 0.3) is 0 Å². The van der Waals surface area contributed by atoms with Crippen LogP contribution < -0.4 is 5.32 Å². The van der Waals surface area contributed by atoms with Gasteiger partial charge in [0.2, 0.25) is 21.8 Å². The van der Waals surface area contributed by atoms with Gasteiger partial charge in [-0.25, -0.2) is 8.42 Å². The van der Waals surface area contributed by atoms with E-state index >= 15 is 0 Å². The summed E-state index contributed by atoms with van der Waals surface area (Å²) in [4.78, 5) is 14.1. The molecule has 0 atom stereocenters. The van der Waals surface area contributed by atoms with Crippen LogP contribution >= 0.6 is 23.2 Å². The van der Waals surface area contributed by atoms with Gasteiger partial charge in [-0.1, -0.05) is 55.2 Å². The smallest absolute Gasteiger partial charge is 0.246 e. The Labute approximate surface area is 186 Å². The van der Waals surface area contributed by atoms with Crippen molar-refractivity contribution in [2.75, 3.05) is 38.0 Å². The highest BCUT2D eigenvalue weighted by molar-refractivity contribution is 7.89. The van der Waals surface area contributed by atoms with Crippen LogP contribution in [0.3, 0.4) is 0 Å². The van der Waals surface area contributed by atoms with Gasteiger partial charge in [-0.3, -0.25) is 15.0 Å². The molecule has 30 heavy (non-hydrogen) atoms. The zero-order valence-corrected chi connectivity index (χ0v) is 19.3. The predicted molar refractivity (Wildman–Crippen MR) is 115 cm³/mol. The minimum absolute atomic E-state index is 0.0838. The predicted octanol–water partition coefficient (Wildman–Crippen LogP) is 3.22. The Bertz CT molecular complexity index is 1010. The van der Waals surface area contributed by atoms with Crippen molar-refractivity contribution in [1.82, 2.24) is 14.4 Å². The van der Waals surface area contributed by atoms with Gasteiger partial charge in [0, 0.05) is 37.7 Å². The third kappa shape index (κ3) is 5.15. The fourth-order valence-electron chi connectivity index (χ4n) is 3.05. The summed E-state index contributed by atoms with van der Waals surface area (Å²) in [5.41, 5.74) is 0.564. The number of nitrogens with zero attached hydrogens (tertiary/aromatic N) is 3. The molecule has 1 aromatic carbocycles. The van der Waals surface area contributed by atoms with E-state index in [4.69, 9.17) is 27.7 Å². The summed E-state index contributed by atoms with van der Waals surface area (Å²) in [6.07, 6.45) is 0. The number of amides is 1.